The van der Waals surface area contributed by atoms with Gasteiger partial charge in [0.25, 0.3) is 5.91 Å². The first-order valence-electron chi connectivity index (χ1n) is 11.6. The lowest BCUT2D eigenvalue weighted by Gasteiger charge is -2.35. The van der Waals surface area contributed by atoms with Crippen molar-refractivity contribution in [1.29, 1.82) is 0 Å². The zero-order valence-corrected chi connectivity index (χ0v) is 20.3. The lowest BCUT2D eigenvalue weighted by Crippen LogP contribution is -2.46. The maximum atomic E-state index is 13.1. The van der Waals surface area contributed by atoms with Crippen molar-refractivity contribution in [2.45, 2.75) is 27.2 Å². The van der Waals surface area contributed by atoms with E-state index in [1.807, 2.05) is 13.1 Å². The van der Waals surface area contributed by atoms with Gasteiger partial charge in [-0.25, -0.2) is 9.97 Å². The first kappa shape index (κ1) is 21.9. The number of carbonyl (C=O) groups is 1. The van der Waals surface area contributed by atoms with Crippen LogP contribution in [0.15, 0.2) is 30.7 Å². The lowest BCUT2D eigenvalue weighted by atomic mass is 10.1. The molecule has 1 aromatic carbocycles. The average Bonchev–Trinajstić information content (AvgIpc) is 3.39. The van der Waals surface area contributed by atoms with Crippen LogP contribution in [0.5, 0.6) is 0 Å². The van der Waals surface area contributed by atoms with Crippen LogP contribution in [0.3, 0.4) is 0 Å². The van der Waals surface area contributed by atoms with Gasteiger partial charge in [0.2, 0.25) is 0 Å². The number of anilines is 1. The summed E-state index contributed by atoms with van der Waals surface area (Å²) in [6.45, 7) is 11.9. The van der Waals surface area contributed by atoms with Gasteiger partial charge in [-0.05, 0) is 50.1 Å². The molecule has 1 amide bonds. The fourth-order valence-corrected chi connectivity index (χ4v) is 5.74. The highest BCUT2D eigenvalue weighted by Gasteiger charge is 2.24. The highest BCUT2D eigenvalue weighted by molar-refractivity contribution is 7.20. The van der Waals surface area contributed by atoms with Gasteiger partial charge in [-0.15, -0.1) is 11.3 Å². The number of carbonyl (C=O) groups excluding carboxylic acids is 1. The number of nitrogens with zero attached hydrogens (tertiary/aromatic N) is 4. The molecule has 0 aliphatic carbocycles. The Kier molecular flexibility index (Phi) is 6.03. The van der Waals surface area contributed by atoms with Crippen molar-refractivity contribution in [3.8, 4) is 0 Å². The monoisotopic (exact) mass is 462 g/mol. The third kappa shape index (κ3) is 4.20. The molecular weight excluding hydrogens is 432 g/mol. The fourth-order valence-electron chi connectivity index (χ4n) is 4.68. The van der Waals surface area contributed by atoms with Gasteiger partial charge < -0.3 is 20.1 Å². The standard InChI is InChI=1S/C25H30N6OS/c1-4-30-9-11-31(12-10-30)23-21-17(3)22(33-25(21)29-15-28-23)24(32)26-8-7-18-14-27-20-6-5-16(2)13-19(18)20/h5-6,13-15,27H,4,7-12H2,1-3H3,(H,26,32). The maximum Gasteiger partial charge on any atom is 0.261 e. The van der Waals surface area contributed by atoms with Crippen molar-refractivity contribution < 1.29 is 4.79 Å². The number of aromatic amines is 1. The quantitative estimate of drug-likeness (QED) is 0.454. The Morgan fingerprint density at radius 1 is 1.18 bits per heavy atom. The van der Waals surface area contributed by atoms with Gasteiger partial charge in [-0.1, -0.05) is 18.6 Å². The number of amides is 1. The molecule has 5 rings (SSSR count). The van der Waals surface area contributed by atoms with Crippen LogP contribution in [0.2, 0.25) is 0 Å². The van der Waals surface area contributed by atoms with Crippen LogP contribution in [0.4, 0.5) is 5.82 Å². The number of likely N-dealkylation sites (N-methyl/N-ethyl adjacent to an activating group) is 1. The average molecular weight is 463 g/mol. The van der Waals surface area contributed by atoms with Crippen molar-refractivity contribution in [1.82, 2.24) is 25.2 Å². The topological polar surface area (TPSA) is 77.2 Å². The predicted octanol–water partition coefficient (Wildman–Crippen LogP) is 3.90. The summed E-state index contributed by atoms with van der Waals surface area (Å²) < 4.78 is 0. The van der Waals surface area contributed by atoms with E-state index in [1.165, 1.54) is 27.8 Å². The SMILES string of the molecule is CCN1CCN(c2ncnc3sc(C(=O)NCCc4c[nH]c5ccc(C)cc45)c(C)c23)CC1. The molecule has 0 radical (unpaired) electrons. The van der Waals surface area contributed by atoms with E-state index in [0.29, 0.717) is 6.54 Å². The fraction of sp³-hybridized carbons (Fsp3) is 0.400. The number of hydrogen-bond donors (Lipinski definition) is 2. The molecule has 1 aliphatic rings. The smallest absolute Gasteiger partial charge is 0.261 e. The van der Waals surface area contributed by atoms with E-state index in [4.69, 9.17) is 0 Å². The van der Waals surface area contributed by atoms with E-state index in [9.17, 15) is 4.79 Å². The van der Waals surface area contributed by atoms with E-state index >= 15 is 0 Å². The summed E-state index contributed by atoms with van der Waals surface area (Å²) in [6.07, 6.45) is 4.45. The van der Waals surface area contributed by atoms with Crippen LogP contribution >= 0.6 is 11.3 Å². The van der Waals surface area contributed by atoms with Crippen LogP contribution in [-0.4, -0.2) is 65.0 Å². The highest BCUT2D eigenvalue weighted by Crippen LogP contribution is 2.35. The van der Waals surface area contributed by atoms with Gasteiger partial charge >= 0.3 is 0 Å². The molecule has 172 valence electrons. The molecule has 4 heterocycles. The zero-order valence-electron chi connectivity index (χ0n) is 19.4. The van der Waals surface area contributed by atoms with Crippen LogP contribution in [-0.2, 0) is 6.42 Å². The Morgan fingerprint density at radius 2 is 2.00 bits per heavy atom. The van der Waals surface area contributed by atoms with Gasteiger partial charge in [-0.2, -0.15) is 0 Å². The summed E-state index contributed by atoms with van der Waals surface area (Å²) in [4.78, 5) is 31.9. The molecule has 0 saturated carbocycles. The molecule has 3 aromatic heterocycles. The largest absolute Gasteiger partial charge is 0.361 e. The highest BCUT2D eigenvalue weighted by atomic mass is 32.1. The number of thiophene rings is 1. The second-order valence-electron chi connectivity index (χ2n) is 8.72. The Hall–Kier alpha value is -2.97. The summed E-state index contributed by atoms with van der Waals surface area (Å²) in [7, 11) is 0. The van der Waals surface area contributed by atoms with Crippen molar-refractivity contribution in [3.05, 3.63) is 52.3 Å². The summed E-state index contributed by atoms with van der Waals surface area (Å²) in [5, 5.41) is 5.37. The minimum Gasteiger partial charge on any atom is -0.361 e. The summed E-state index contributed by atoms with van der Waals surface area (Å²) >= 11 is 1.46. The predicted molar refractivity (Wildman–Crippen MR) is 136 cm³/mol. The Morgan fingerprint density at radius 3 is 2.79 bits per heavy atom. The Labute approximate surface area is 197 Å². The Balaban J connectivity index is 1.31. The molecule has 7 nitrogen and oxygen atoms in total. The van der Waals surface area contributed by atoms with Gasteiger partial charge in [0, 0.05) is 49.8 Å². The molecule has 33 heavy (non-hydrogen) atoms. The van der Waals surface area contributed by atoms with Gasteiger partial charge in [0.15, 0.2) is 0 Å². The third-order valence-electron chi connectivity index (χ3n) is 6.63. The van der Waals surface area contributed by atoms with Crippen LogP contribution in [0.25, 0.3) is 21.1 Å². The maximum absolute atomic E-state index is 13.1. The van der Waals surface area contributed by atoms with Crippen LogP contribution in [0, 0.1) is 13.8 Å². The van der Waals surface area contributed by atoms with Crippen molar-refractivity contribution in [2.75, 3.05) is 44.2 Å². The van der Waals surface area contributed by atoms with E-state index in [0.717, 1.165) is 71.1 Å². The van der Waals surface area contributed by atoms with Gasteiger partial charge in [0.05, 0.1) is 10.3 Å². The number of benzene rings is 1. The molecular formula is C25H30N6OS. The minimum absolute atomic E-state index is 0.0340. The molecule has 0 unspecified atom stereocenters. The zero-order chi connectivity index (χ0) is 22.9. The number of piperazine rings is 1. The molecule has 2 N–H and O–H groups in total. The van der Waals surface area contributed by atoms with E-state index in [-0.39, 0.29) is 5.91 Å². The normalized spacial score (nSPS) is 14.9. The van der Waals surface area contributed by atoms with E-state index < -0.39 is 0 Å². The molecule has 8 heteroatoms. The van der Waals surface area contributed by atoms with Gasteiger partial charge in [-0.3, -0.25) is 4.79 Å². The number of aryl methyl sites for hydroxylation is 2. The Bertz CT molecular complexity index is 1300. The van der Waals surface area contributed by atoms with E-state index in [2.05, 4.69) is 62.1 Å². The van der Waals surface area contributed by atoms with Crippen molar-refractivity contribution >= 4 is 44.2 Å². The molecule has 4 aromatic rings. The molecule has 0 bridgehead atoms. The van der Waals surface area contributed by atoms with Gasteiger partial charge in [0.1, 0.15) is 17.0 Å². The number of aromatic nitrogens is 3. The third-order valence-corrected chi connectivity index (χ3v) is 7.83. The number of fused-ring (bicyclic) bond motifs is 2. The molecule has 0 spiro atoms. The van der Waals surface area contributed by atoms with E-state index in [1.54, 1.807) is 6.33 Å². The number of H-pyrrole nitrogens is 1. The first-order chi connectivity index (χ1) is 16.0. The first-order valence-corrected chi connectivity index (χ1v) is 12.4. The van der Waals surface area contributed by atoms with Crippen LogP contribution in [0.1, 0.15) is 33.3 Å². The molecule has 1 fully saturated rings. The number of hydrogen-bond acceptors (Lipinski definition) is 6. The summed E-state index contributed by atoms with van der Waals surface area (Å²) in [6, 6.07) is 6.41. The molecule has 1 aliphatic heterocycles. The van der Waals surface area contributed by atoms with Crippen molar-refractivity contribution in [2.24, 2.45) is 0 Å². The summed E-state index contributed by atoms with van der Waals surface area (Å²) in [5.41, 5.74) is 4.57. The summed E-state index contributed by atoms with van der Waals surface area (Å²) in [5.74, 6) is 0.922. The number of rotatable bonds is 6. The molecule has 0 atom stereocenters. The lowest BCUT2D eigenvalue weighted by molar-refractivity contribution is 0.0957. The van der Waals surface area contributed by atoms with Crippen molar-refractivity contribution in [3.63, 3.8) is 0 Å². The minimum atomic E-state index is -0.0340. The molecule has 1 saturated heterocycles. The van der Waals surface area contributed by atoms with Crippen LogP contribution < -0.4 is 10.2 Å². The number of nitrogens with one attached hydrogen (secondary N) is 2. The second-order valence-corrected chi connectivity index (χ2v) is 9.72. The second kappa shape index (κ2) is 9.11.